The molecule has 4 nitrogen and oxygen atoms in total. The number of aryl methyl sites for hydroxylation is 1. The van der Waals surface area contributed by atoms with Crippen LogP contribution < -0.4 is 5.32 Å². The molecular formula is C13H15N3O. The maximum absolute atomic E-state index is 10.00. The Bertz CT molecular complexity index is 473. The van der Waals surface area contributed by atoms with E-state index in [4.69, 9.17) is 0 Å². The molecule has 1 atom stereocenters. The Morgan fingerprint density at radius 1 is 1.35 bits per heavy atom. The van der Waals surface area contributed by atoms with Crippen molar-refractivity contribution in [3.8, 4) is 0 Å². The summed E-state index contributed by atoms with van der Waals surface area (Å²) in [6.45, 7) is 2.43. The number of nitrogens with one attached hydrogen (secondary N) is 1. The third kappa shape index (κ3) is 3.26. The minimum atomic E-state index is -0.545. The van der Waals surface area contributed by atoms with Crippen LogP contribution in [0.5, 0.6) is 0 Å². The van der Waals surface area contributed by atoms with Crippen LogP contribution in [0.4, 0.5) is 5.82 Å². The summed E-state index contributed by atoms with van der Waals surface area (Å²) in [5, 5.41) is 13.0. The van der Waals surface area contributed by atoms with Gasteiger partial charge in [-0.15, -0.1) is 0 Å². The van der Waals surface area contributed by atoms with E-state index in [2.05, 4.69) is 15.3 Å². The molecule has 88 valence electrons. The van der Waals surface area contributed by atoms with E-state index in [1.165, 1.54) is 0 Å². The highest BCUT2D eigenvalue weighted by Gasteiger charge is 2.07. The van der Waals surface area contributed by atoms with Crippen molar-refractivity contribution in [2.45, 2.75) is 13.0 Å². The summed E-state index contributed by atoms with van der Waals surface area (Å²) in [6.07, 6.45) is 4.31. The molecule has 0 bridgehead atoms. The molecule has 0 aliphatic rings. The van der Waals surface area contributed by atoms with E-state index >= 15 is 0 Å². The van der Waals surface area contributed by atoms with Crippen LogP contribution >= 0.6 is 0 Å². The van der Waals surface area contributed by atoms with E-state index in [0.29, 0.717) is 12.4 Å². The molecule has 2 N–H and O–H groups in total. The van der Waals surface area contributed by atoms with Gasteiger partial charge in [-0.3, -0.25) is 4.98 Å². The topological polar surface area (TPSA) is 58.0 Å². The molecular weight excluding hydrogens is 214 g/mol. The zero-order valence-corrected chi connectivity index (χ0v) is 9.67. The standard InChI is InChI=1S/C13H15N3O/c1-10-3-2-4-11(7-10)12(17)8-16-13-9-14-5-6-15-13/h2-7,9,12,17H,8H2,1H3,(H,15,16). The molecule has 1 heterocycles. The predicted molar refractivity (Wildman–Crippen MR) is 66.7 cm³/mol. The van der Waals surface area contributed by atoms with Crippen molar-refractivity contribution in [3.05, 3.63) is 54.0 Å². The first-order valence-corrected chi connectivity index (χ1v) is 5.50. The van der Waals surface area contributed by atoms with E-state index in [1.807, 2.05) is 31.2 Å². The molecule has 0 radical (unpaired) electrons. The van der Waals surface area contributed by atoms with Crippen molar-refractivity contribution in [3.63, 3.8) is 0 Å². The minimum Gasteiger partial charge on any atom is -0.387 e. The highest BCUT2D eigenvalue weighted by atomic mass is 16.3. The number of aliphatic hydroxyl groups is 1. The highest BCUT2D eigenvalue weighted by Crippen LogP contribution is 2.14. The Morgan fingerprint density at radius 2 is 2.24 bits per heavy atom. The Morgan fingerprint density at radius 3 is 2.94 bits per heavy atom. The van der Waals surface area contributed by atoms with E-state index in [-0.39, 0.29) is 0 Å². The third-order valence-electron chi connectivity index (χ3n) is 2.47. The lowest BCUT2D eigenvalue weighted by molar-refractivity contribution is 0.191. The molecule has 2 aromatic rings. The van der Waals surface area contributed by atoms with E-state index in [9.17, 15) is 5.11 Å². The summed E-state index contributed by atoms with van der Waals surface area (Å²) < 4.78 is 0. The first-order valence-electron chi connectivity index (χ1n) is 5.50. The van der Waals surface area contributed by atoms with Crippen molar-refractivity contribution >= 4 is 5.82 Å². The largest absolute Gasteiger partial charge is 0.387 e. The smallest absolute Gasteiger partial charge is 0.144 e. The SMILES string of the molecule is Cc1cccc(C(O)CNc2cnccn2)c1. The lowest BCUT2D eigenvalue weighted by atomic mass is 10.1. The lowest BCUT2D eigenvalue weighted by Crippen LogP contribution is -2.13. The summed E-state index contributed by atoms with van der Waals surface area (Å²) >= 11 is 0. The van der Waals surface area contributed by atoms with Crippen molar-refractivity contribution in [2.24, 2.45) is 0 Å². The maximum atomic E-state index is 10.00. The second kappa shape index (κ2) is 5.41. The number of rotatable bonds is 4. The van der Waals surface area contributed by atoms with Crippen LogP contribution in [0, 0.1) is 6.92 Å². The zero-order chi connectivity index (χ0) is 12.1. The van der Waals surface area contributed by atoms with Gasteiger partial charge in [0.15, 0.2) is 0 Å². The van der Waals surface area contributed by atoms with Gasteiger partial charge in [0.25, 0.3) is 0 Å². The predicted octanol–water partition coefficient (Wildman–Crippen LogP) is 1.93. The molecule has 0 saturated heterocycles. The van der Waals surface area contributed by atoms with Gasteiger partial charge in [-0.2, -0.15) is 0 Å². The first-order chi connectivity index (χ1) is 8.25. The fraction of sp³-hybridized carbons (Fsp3) is 0.231. The van der Waals surface area contributed by atoms with Crippen molar-refractivity contribution in [1.82, 2.24) is 9.97 Å². The molecule has 2 rings (SSSR count). The second-order valence-electron chi connectivity index (χ2n) is 3.90. The van der Waals surface area contributed by atoms with Gasteiger partial charge in [0.1, 0.15) is 5.82 Å². The Labute approximate surface area is 100 Å². The van der Waals surface area contributed by atoms with Crippen LogP contribution in [-0.4, -0.2) is 21.6 Å². The summed E-state index contributed by atoms with van der Waals surface area (Å²) in [6, 6.07) is 7.83. The summed E-state index contributed by atoms with van der Waals surface area (Å²) in [5.74, 6) is 0.666. The number of aromatic nitrogens is 2. The molecule has 1 aromatic carbocycles. The molecule has 17 heavy (non-hydrogen) atoms. The lowest BCUT2D eigenvalue weighted by Gasteiger charge is -2.12. The van der Waals surface area contributed by atoms with Crippen molar-refractivity contribution in [1.29, 1.82) is 0 Å². The number of hydrogen-bond acceptors (Lipinski definition) is 4. The van der Waals surface area contributed by atoms with Crippen LogP contribution in [0.3, 0.4) is 0 Å². The van der Waals surface area contributed by atoms with E-state index in [1.54, 1.807) is 18.6 Å². The maximum Gasteiger partial charge on any atom is 0.144 e. The third-order valence-corrected chi connectivity index (χ3v) is 2.47. The fourth-order valence-electron chi connectivity index (χ4n) is 1.59. The second-order valence-corrected chi connectivity index (χ2v) is 3.90. The zero-order valence-electron chi connectivity index (χ0n) is 9.67. The van der Waals surface area contributed by atoms with Crippen molar-refractivity contribution < 1.29 is 5.11 Å². The van der Waals surface area contributed by atoms with Gasteiger partial charge < -0.3 is 10.4 Å². The average Bonchev–Trinajstić information content (AvgIpc) is 2.37. The van der Waals surface area contributed by atoms with Crippen LogP contribution in [0.25, 0.3) is 0 Å². The molecule has 0 aliphatic heterocycles. The molecule has 4 heteroatoms. The molecule has 0 spiro atoms. The molecule has 0 saturated carbocycles. The molecule has 1 aromatic heterocycles. The van der Waals surface area contributed by atoms with Crippen LogP contribution in [0.2, 0.25) is 0 Å². The first kappa shape index (κ1) is 11.5. The summed E-state index contributed by atoms with van der Waals surface area (Å²) in [5.41, 5.74) is 2.04. The van der Waals surface area contributed by atoms with Crippen LogP contribution in [-0.2, 0) is 0 Å². The Balaban J connectivity index is 1.96. The van der Waals surface area contributed by atoms with Gasteiger partial charge in [0.05, 0.1) is 12.3 Å². The van der Waals surface area contributed by atoms with Gasteiger partial charge in [0.2, 0.25) is 0 Å². The van der Waals surface area contributed by atoms with Crippen molar-refractivity contribution in [2.75, 3.05) is 11.9 Å². The normalized spacial score (nSPS) is 12.1. The van der Waals surface area contributed by atoms with Crippen LogP contribution in [0.15, 0.2) is 42.9 Å². The number of hydrogen-bond donors (Lipinski definition) is 2. The fourth-order valence-corrected chi connectivity index (χ4v) is 1.59. The van der Waals surface area contributed by atoms with Gasteiger partial charge in [-0.05, 0) is 12.5 Å². The van der Waals surface area contributed by atoms with E-state index < -0.39 is 6.10 Å². The molecule has 0 fully saturated rings. The molecule has 0 aliphatic carbocycles. The number of nitrogens with zero attached hydrogens (tertiary/aromatic N) is 2. The summed E-state index contributed by atoms with van der Waals surface area (Å²) in [7, 11) is 0. The number of benzene rings is 1. The van der Waals surface area contributed by atoms with Crippen LogP contribution in [0.1, 0.15) is 17.2 Å². The summed E-state index contributed by atoms with van der Waals surface area (Å²) in [4.78, 5) is 8.02. The monoisotopic (exact) mass is 229 g/mol. The number of anilines is 1. The van der Waals surface area contributed by atoms with Gasteiger partial charge in [0, 0.05) is 18.9 Å². The van der Waals surface area contributed by atoms with Gasteiger partial charge in [-0.25, -0.2) is 4.98 Å². The molecule has 1 unspecified atom stereocenters. The number of aliphatic hydroxyl groups excluding tert-OH is 1. The highest BCUT2D eigenvalue weighted by molar-refractivity contribution is 5.31. The van der Waals surface area contributed by atoms with Gasteiger partial charge >= 0.3 is 0 Å². The average molecular weight is 229 g/mol. The Kier molecular flexibility index (Phi) is 3.67. The van der Waals surface area contributed by atoms with E-state index in [0.717, 1.165) is 11.1 Å². The van der Waals surface area contributed by atoms with Gasteiger partial charge in [-0.1, -0.05) is 29.8 Å². The quantitative estimate of drug-likeness (QED) is 0.841. The minimum absolute atomic E-state index is 0.419. The Hall–Kier alpha value is -1.94. The molecule has 0 amide bonds.